The summed E-state index contributed by atoms with van der Waals surface area (Å²) in [6.07, 6.45) is 6.21. The van der Waals surface area contributed by atoms with Gasteiger partial charge in [0.05, 0.1) is 0 Å². The van der Waals surface area contributed by atoms with E-state index in [1.54, 1.807) is 6.08 Å². The number of hydrogen-bond acceptors (Lipinski definition) is 2. The highest BCUT2D eigenvalue weighted by atomic mass is 16.5. The fourth-order valence-corrected chi connectivity index (χ4v) is 3.66. The highest BCUT2D eigenvalue weighted by molar-refractivity contribution is 5.86. The van der Waals surface area contributed by atoms with E-state index in [4.69, 9.17) is 9.84 Å². The molecule has 0 saturated carbocycles. The number of carboxylic acids is 1. The van der Waals surface area contributed by atoms with Crippen LogP contribution in [0.5, 0.6) is 5.75 Å². The molecule has 0 bridgehead atoms. The summed E-state index contributed by atoms with van der Waals surface area (Å²) in [4.78, 5) is 11.1. The van der Waals surface area contributed by atoms with E-state index >= 15 is 0 Å². The van der Waals surface area contributed by atoms with Gasteiger partial charge in [-0.1, -0.05) is 88.7 Å². The lowest BCUT2D eigenvalue weighted by Gasteiger charge is -2.19. The molecular weight excluding hydrogens is 408 g/mol. The number of carboxylic acid groups (broad SMARTS) is 1. The molecule has 3 nitrogen and oxygen atoms in total. The number of carbonyl (C=O) groups is 1. The Morgan fingerprint density at radius 2 is 1.55 bits per heavy atom. The Labute approximate surface area is 197 Å². The molecule has 0 aliphatic heterocycles. The van der Waals surface area contributed by atoms with Crippen LogP contribution in [0.3, 0.4) is 0 Å². The second kappa shape index (κ2) is 11.0. The third kappa shape index (κ3) is 7.08. The van der Waals surface area contributed by atoms with E-state index in [9.17, 15) is 4.79 Å². The molecule has 3 rings (SSSR count). The van der Waals surface area contributed by atoms with Crippen LogP contribution in [0, 0.1) is 0 Å². The average molecular weight is 443 g/mol. The quantitative estimate of drug-likeness (QED) is 0.346. The molecule has 0 saturated heterocycles. The van der Waals surface area contributed by atoms with Crippen LogP contribution < -0.4 is 4.74 Å². The Hall–Kier alpha value is -3.33. The molecule has 1 N–H and O–H groups in total. The molecule has 3 aromatic carbocycles. The van der Waals surface area contributed by atoms with Crippen LogP contribution >= 0.6 is 0 Å². The van der Waals surface area contributed by atoms with Gasteiger partial charge < -0.3 is 9.84 Å². The Balaban J connectivity index is 1.80. The van der Waals surface area contributed by atoms with Gasteiger partial charge >= 0.3 is 5.97 Å². The van der Waals surface area contributed by atoms with Crippen molar-refractivity contribution < 1.29 is 14.6 Å². The minimum Gasteiger partial charge on any atom is -0.488 e. The van der Waals surface area contributed by atoms with Crippen molar-refractivity contribution in [3.63, 3.8) is 0 Å². The van der Waals surface area contributed by atoms with E-state index in [0.717, 1.165) is 34.8 Å². The third-order valence-electron chi connectivity index (χ3n) is 5.74. The number of rotatable bonds is 9. The van der Waals surface area contributed by atoms with Gasteiger partial charge in [0.25, 0.3) is 0 Å². The first-order valence-electron chi connectivity index (χ1n) is 11.6. The molecule has 0 aliphatic carbocycles. The van der Waals surface area contributed by atoms with E-state index in [0.29, 0.717) is 12.4 Å². The van der Waals surface area contributed by atoms with Crippen LogP contribution in [-0.2, 0) is 23.2 Å². The first-order chi connectivity index (χ1) is 15.8. The van der Waals surface area contributed by atoms with Gasteiger partial charge in [-0.25, -0.2) is 4.79 Å². The number of benzene rings is 3. The van der Waals surface area contributed by atoms with Crippen molar-refractivity contribution in [2.75, 3.05) is 0 Å². The second-order valence-corrected chi connectivity index (χ2v) is 9.46. The molecule has 0 amide bonds. The molecule has 0 radical (unpaired) electrons. The zero-order valence-electron chi connectivity index (χ0n) is 20.1. The molecule has 3 heteroatoms. The zero-order valence-corrected chi connectivity index (χ0v) is 20.1. The third-order valence-corrected chi connectivity index (χ3v) is 5.74. The molecular formula is C30H34O3. The van der Waals surface area contributed by atoms with Crippen LogP contribution in [0.25, 0.3) is 17.2 Å². The van der Waals surface area contributed by atoms with Crippen LogP contribution in [-0.4, -0.2) is 11.1 Å². The van der Waals surface area contributed by atoms with Crippen LogP contribution in [0.1, 0.15) is 62.8 Å². The van der Waals surface area contributed by atoms with Gasteiger partial charge in [0.2, 0.25) is 0 Å². The molecule has 0 spiro atoms. The SMILES string of the molecule is CCCCc1ccc(-c2ccc(OCc3ccc(C(C)(C)C)cc3)c(/C=C/C(=O)O)c2)cc1. The van der Waals surface area contributed by atoms with Crippen molar-refractivity contribution in [2.45, 2.75) is 59.0 Å². The van der Waals surface area contributed by atoms with Gasteiger partial charge in [-0.3, -0.25) is 0 Å². The molecule has 0 aliphatic rings. The maximum absolute atomic E-state index is 11.1. The molecule has 0 atom stereocenters. The minimum absolute atomic E-state index is 0.109. The first kappa shape index (κ1) is 24.3. The van der Waals surface area contributed by atoms with Gasteiger partial charge in [0.15, 0.2) is 0 Å². The molecule has 0 aromatic heterocycles. The van der Waals surface area contributed by atoms with Gasteiger partial charge in [-0.15, -0.1) is 0 Å². The van der Waals surface area contributed by atoms with E-state index in [1.807, 2.05) is 18.2 Å². The summed E-state index contributed by atoms with van der Waals surface area (Å²) in [7, 11) is 0. The largest absolute Gasteiger partial charge is 0.488 e. The normalized spacial score (nSPS) is 11.6. The maximum Gasteiger partial charge on any atom is 0.328 e. The molecule has 0 unspecified atom stereocenters. The highest BCUT2D eigenvalue weighted by Gasteiger charge is 2.13. The first-order valence-corrected chi connectivity index (χ1v) is 11.6. The van der Waals surface area contributed by atoms with Crippen LogP contribution in [0.15, 0.2) is 72.8 Å². The summed E-state index contributed by atoms with van der Waals surface area (Å²) in [5, 5.41) is 9.13. The number of aliphatic carboxylic acids is 1. The van der Waals surface area contributed by atoms with Crippen molar-refractivity contribution in [2.24, 2.45) is 0 Å². The van der Waals surface area contributed by atoms with E-state index in [1.165, 1.54) is 24.0 Å². The lowest BCUT2D eigenvalue weighted by molar-refractivity contribution is -0.131. The van der Waals surface area contributed by atoms with Crippen molar-refractivity contribution in [1.29, 1.82) is 0 Å². The van der Waals surface area contributed by atoms with E-state index < -0.39 is 5.97 Å². The summed E-state index contributed by atoms with van der Waals surface area (Å²) in [6, 6.07) is 23.0. The van der Waals surface area contributed by atoms with Crippen molar-refractivity contribution >= 4 is 12.0 Å². The van der Waals surface area contributed by atoms with Crippen molar-refractivity contribution in [1.82, 2.24) is 0 Å². The Bertz CT molecular complexity index is 1080. The molecule has 0 heterocycles. The average Bonchev–Trinajstić information content (AvgIpc) is 2.80. The smallest absolute Gasteiger partial charge is 0.328 e. The Kier molecular flexibility index (Phi) is 8.11. The topological polar surface area (TPSA) is 46.5 Å². The monoisotopic (exact) mass is 442 g/mol. The van der Waals surface area contributed by atoms with Gasteiger partial charge in [-0.2, -0.15) is 0 Å². The molecule has 3 aromatic rings. The summed E-state index contributed by atoms with van der Waals surface area (Å²) >= 11 is 0. The lowest BCUT2D eigenvalue weighted by atomic mass is 9.87. The van der Waals surface area contributed by atoms with Gasteiger partial charge in [-0.05, 0) is 64.3 Å². The van der Waals surface area contributed by atoms with Crippen molar-refractivity contribution in [3.05, 3.63) is 95.1 Å². The van der Waals surface area contributed by atoms with Crippen molar-refractivity contribution in [3.8, 4) is 16.9 Å². The van der Waals surface area contributed by atoms with Crippen LogP contribution in [0.2, 0.25) is 0 Å². The zero-order chi connectivity index (χ0) is 23.8. The summed E-state index contributed by atoms with van der Waals surface area (Å²) in [6.45, 7) is 9.20. The van der Waals surface area contributed by atoms with E-state index in [2.05, 4.69) is 76.2 Å². The van der Waals surface area contributed by atoms with Gasteiger partial charge in [0.1, 0.15) is 12.4 Å². The Morgan fingerprint density at radius 3 is 2.15 bits per heavy atom. The predicted octanol–water partition coefficient (Wildman–Crippen LogP) is 7.67. The number of unbranched alkanes of at least 4 members (excludes halogenated alkanes) is 1. The number of aryl methyl sites for hydroxylation is 1. The van der Waals surface area contributed by atoms with Gasteiger partial charge in [0, 0.05) is 11.6 Å². The highest BCUT2D eigenvalue weighted by Crippen LogP contribution is 2.29. The summed E-state index contributed by atoms with van der Waals surface area (Å²) in [5.41, 5.74) is 6.68. The summed E-state index contributed by atoms with van der Waals surface area (Å²) < 4.78 is 6.09. The second-order valence-electron chi connectivity index (χ2n) is 9.46. The maximum atomic E-state index is 11.1. The van der Waals surface area contributed by atoms with Crippen LogP contribution in [0.4, 0.5) is 0 Å². The predicted molar refractivity (Wildman–Crippen MR) is 137 cm³/mol. The fraction of sp³-hybridized carbons (Fsp3) is 0.300. The minimum atomic E-state index is -0.982. The standard InChI is InChI=1S/C30H34O3/c1-5-6-7-22-8-12-24(13-9-22)25-14-18-28(26(20-25)15-19-29(31)32)33-21-23-10-16-27(17-11-23)30(2,3)4/h8-20H,5-7,21H2,1-4H3,(H,31,32)/b19-15+. The summed E-state index contributed by atoms with van der Waals surface area (Å²) in [5.74, 6) is -0.319. The number of hydrogen-bond donors (Lipinski definition) is 1. The molecule has 0 fully saturated rings. The molecule has 172 valence electrons. The molecule has 33 heavy (non-hydrogen) atoms. The number of ether oxygens (including phenoxy) is 1. The van der Waals surface area contributed by atoms with E-state index in [-0.39, 0.29) is 5.41 Å². The fourth-order valence-electron chi connectivity index (χ4n) is 3.66. The lowest BCUT2D eigenvalue weighted by Crippen LogP contribution is -2.10. The Morgan fingerprint density at radius 1 is 0.909 bits per heavy atom.